The van der Waals surface area contributed by atoms with Crippen LogP contribution in [0.25, 0.3) is 0 Å². The maximum atomic E-state index is 12.3. The summed E-state index contributed by atoms with van der Waals surface area (Å²) in [6.07, 6.45) is 2.25. The average molecular weight is 233 g/mol. The lowest BCUT2D eigenvalue weighted by molar-refractivity contribution is 0.0568. The molecule has 0 bridgehead atoms. The van der Waals surface area contributed by atoms with Crippen molar-refractivity contribution in [3.8, 4) is 0 Å². The summed E-state index contributed by atoms with van der Waals surface area (Å²) in [4.78, 5) is 18.3. The van der Waals surface area contributed by atoms with E-state index in [1.54, 1.807) is 18.2 Å². The zero-order chi connectivity index (χ0) is 12.4. The van der Waals surface area contributed by atoms with Crippen LogP contribution < -0.4 is 5.73 Å². The molecule has 92 valence electrons. The Morgan fingerprint density at radius 1 is 1.41 bits per heavy atom. The maximum Gasteiger partial charge on any atom is 0.272 e. The lowest BCUT2D eigenvalue weighted by Crippen LogP contribution is -2.45. The monoisotopic (exact) mass is 233 g/mol. The highest BCUT2D eigenvalue weighted by Crippen LogP contribution is 2.22. The molecule has 1 amide bonds. The number of pyridine rings is 1. The third-order valence-corrected chi connectivity index (χ3v) is 3.37. The molecule has 2 atom stereocenters. The summed E-state index contributed by atoms with van der Waals surface area (Å²) in [5, 5.41) is 0. The molecule has 1 aliphatic rings. The Kier molecular flexibility index (Phi) is 3.31. The van der Waals surface area contributed by atoms with E-state index in [4.69, 9.17) is 5.73 Å². The van der Waals surface area contributed by atoms with E-state index in [1.807, 2.05) is 4.90 Å². The van der Waals surface area contributed by atoms with E-state index in [9.17, 15) is 4.79 Å². The normalized spacial score (nSPS) is 24.7. The fourth-order valence-electron chi connectivity index (χ4n) is 2.29. The third kappa shape index (κ3) is 2.57. The Morgan fingerprint density at radius 3 is 2.88 bits per heavy atom. The summed E-state index contributed by atoms with van der Waals surface area (Å²) in [5.74, 6) is 0.959. The third-order valence-electron chi connectivity index (χ3n) is 3.37. The van der Waals surface area contributed by atoms with Crippen molar-refractivity contribution in [2.75, 3.05) is 12.3 Å². The van der Waals surface area contributed by atoms with Gasteiger partial charge in [-0.3, -0.25) is 4.79 Å². The summed E-state index contributed by atoms with van der Waals surface area (Å²) in [6.45, 7) is 5.09. The average Bonchev–Trinajstić information content (AvgIpc) is 2.31. The highest BCUT2D eigenvalue weighted by Gasteiger charge is 2.28. The van der Waals surface area contributed by atoms with Crippen LogP contribution in [-0.2, 0) is 0 Å². The first-order valence-electron chi connectivity index (χ1n) is 6.11. The molecule has 1 saturated heterocycles. The summed E-state index contributed by atoms with van der Waals surface area (Å²) in [5.41, 5.74) is 6.06. The van der Waals surface area contributed by atoms with Gasteiger partial charge in [-0.2, -0.15) is 0 Å². The van der Waals surface area contributed by atoms with Gasteiger partial charge in [-0.1, -0.05) is 13.0 Å². The molecule has 2 N–H and O–H groups in total. The van der Waals surface area contributed by atoms with Crippen LogP contribution in [0.4, 0.5) is 5.82 Å². The number of nitrogens with zero attached hydrogens (tertiary/aromatic N) is 2. The number of aromatic nitrogens is 1. The van der Waals surface area contributed by atoms with Crippen LogP contribution in [0.1, 0.15) is 37.2 Å². The van der Waals surface area contributed by atoms with Gasteiger partial charge in [0.25, 0.3) is 5.91 Å². The van der Waals surface area contributed by atoms with Crippen LogP contribution in [0, 0.1) is 5.92 Å². The zero-order valence-electron chi connectivity index (χ0n) is 10.4. The zero-order valence-corrected chi connectivity index (χ0v) is 10.4. The molecule has 17 heavy (non-hydrogen) atoms. The van der Waals surface area contributed by atoms with Crippen LogP contribution in [0.15, 0.2) is 18.2 Å². The first kappa shape index (κ1) is 11.9. The summed E-state index contributed by atoms with van der Waals surface area (Å²) >= 11 is 0. The topological polar surface area (TPSA) is 59.2 Å². The second-order valence-corrected chi connectivity index (χ2v) is 4.94. The standard InChI is InChI=1S/C13H19N3O/c1-9-6-7-10(2)16(8-9)13(17)11-4-3-5-12(14)15-11/h3-5,9-10H,6-8H2,1-2H3,(H2,14,15). The van der Waals surface area contributed by atoms with Gasteiger partial charge in [0.15, 0.2) is 0 Å². The maximum absolute atomic E-state index is 12.3. The molecular formula is C13H19N3O. The molecular weight excluding hydrogens is 214 g/mol. The molecule has 2 rings (SSSR count). The predicted molar refractivity (Wildman–Crippen MR) is 67.5 cm³/mol. The Labute approximate surface area is 102 Å². The van der Waals surface area contributed by atoms with Gasteiger partial charge in [-0.05, 0) is 37.8 Å². The van der Waals surface area contributed by atoms with Crippen molar-refractivity contribution in [1.29, 1.82) is 0 Å². The van der Waals surface area contributed by atoms with Gasteiger partial charge in [0.2, 0.25) is 0 Å². The smallest absolute Gasteiger partial charge is 0.272 e. The Balaban J connectivity index is 2.18. The van der Waals surface area contributed by atoms with E-state index in [0.717, 1.165) is 13.0 Å². The molecule has 1 aromatic heterocycles. The van der Waals surface area contributed by atoms with Crippen molar-refractivity contribution < 1.29 is 4.79 Å². The number of carbonyl (C=O) groups excluding carboxylic acids is 1. The van der Waals surface area contributed by atoms with Crippen molar-refractivity contribution in [3.63, 3.8) is 0 Å². The second-order valence-electron chi connectivity index (χ2n) is 4.94. The molecule has 4 nitrogen and oxygen atoms in total. The molecule has 4 heteroatoms. The van der Waals surface area contributed by atoms with Crippen LogP contribution >= 0.6 is 0 Å². The minimum atomic E-state index is -0.00338. The molecule has 0 radical (unpaired) electrons. The number of hydrogen-bond acceptors (Lipinski definition) is 3. The van der Waals surface area contributed by atoms with Crippen molar-refractivity contribution in [3.05, 3.63) is 23.9 Å². The summed E-state index contributed by atoms with van der Waals surface area (Å²) in [6, 6.07) is 5.49. The van der Waals surface area contributed by atoms with Gasteiger partial charge in [0.1, 0.15) is 11.5 Å². The fraction of sp³-hybridized carbons (Fsp3) is 0.538. The molecule has 0 aliphatic carbocycles. The Bertz CT molecular complexity index is 419. The van der Waals surface area contributed by atoms with Gasteiger partial charge in [-0.25, -0.2) is 4.98 Å². The highest BCUT2D eigenvalue weighted by atomic mass is 16.2. The predicted octanol–water partition coefficient (Wildman–Crippen LogP) is 1.92. The molecule has 0 spiro atoms. The second kappa shape index (κ2) is 4.73. The van der Waals surface area contributed by atoms with Crippen molar-refractivity contribution in [1.82, 2.24) is 9.88 Å². The molecule has 0 aromatic carbocycles. The first-order valence-corrected chi connectivity index (χ1v) is 6.11. The molecule has 1 fully saturated rings. The van der Waals surface area contributed by atoms with Crippen LogP contribution in [0.2, 0.25) is 0 Å². The quantitative estimate of drug-likeness (QED) is 0.806. The van der Waals surface area contributed by atoms with Crippen LogP contribution in [-0.4, -0.2) is 28.4 Å². The largest absolute Gasteiger partial charge is 0.384 e. The number of piperidine rings is 1. The van der Waals surface area contributed by atoms with Crippen molar-refractivity contribution >= 4 is 11.7 Å². The van der Waals surface area contributed by atoms with Gasteiger partial charge in [-0.15, -0.1) is 0 Å². The molecule has 2 unspecified atom stereocenters. The number of rotatable bonds is 1. The molecule has 0 saturated carbocycles. The van der Waals surface area contributed by atoms with Gasteiger partial charge in [0, 0.05) is 12.6 Å². The molecule has 1 aliphatic heterocycles. The van der Waals surface area contributed by atoms with Crippen molar-refractivity contribution in [2.45, 2.75) is 32.7 Å². The number of nitrogens with two attached hydrogens (primary N) is 1. The minimum absolute atomic E-state index is 0.00338. The number of likely N-dealkylation sites (tertiary alicyclic amines) is 1. The fourth-order valence-corrected chi connectivity index (χ4v) is 2.29. The number of amides is 1. The molecule has 1 aromatic rings. The van der Waals surface area contributed by atoms with E-state index < -0.39 is 0 Å². The van der Waals surface area contributed by atoms with Crippen LogP contribution in [0.5, 0.6) is 0 Å². The minimum Gasteiger partial charge on any atom is -0.384 e. The van der Waals surface area contributed by atoms with E-state index in [-0.39, 0.29) is 5.91 Å². The Hall–Kier alpha value is -1.58. The lowest BCUT2D eigenvalue weighted by Gasteiger charge is -2.36. The lowest BCUT2D eigenvalue weighted by atomic mass is 9.95. The van der Waals surface area contributed by atoms with E-state index in [1.165, 1.54) is 6.42 Å². The van der Waals surface area contributed by atoms with E-state index >= 15 is 0 Å². The first-order chi connectivity index (χ1) is 8.08. The number of anilines is 1. The number of carbonyl (C=O) groups is 1. The van der Waals surface area contributed by atoms with Gasteiger partial charge in [0.05, 0.1) is 0 Å². The highest BCUT2D eigenvalue weighted by molar-refractivity contribution is 5.92. The number of hydrogen-bond donors (Lipinski definition) is 1. The van der Waals surface area contributed by atoms with Crippen molar-refractivity contribution in [2.24, 2.45) is 5.92 Å². The number of nitrogen functional groups attached to an aromatic ring is 1. The van der Waals surface area contributed by atoms with Gasteiger partial charge < -0.3 is 10.6 Å². The van der Waals surface area contributed by atoms with E-state index in [2.05, 4.69) is 18.8 Å². The SMILES string of the molecule is CC1CCC(C)N(C(=O)c2cccc(N)n2)C1. The summed E-state index contributed by atoms with van der Waals surface area (Å²) in [7, 11) is 0. The molecule has 2 heterocycles. The van der Waals surface area contributed by atoms with Gasteiger partial charge >= 0.3 is 0 Å². The summed E-state index contributed by atoms with van der Waals surface area (Å²) < 4.78 is 0. The van der Waals surface area contributed by atoms with E-state index in [0.29, 0.717) is 23.5 Å². The van der Waals surface area contributed by atoms with Crippen LogP contribution in [0.3, 0.4) is 0 Å². The Morgan fingerprint density at radius 2 is 2.18 bits per heavy atom.